The van der Waals surface area contributed by atoms with E-state index in [2.05, 4.69) is 48.5 Å². The van der Waals surface area contributed by atoms with Crippen LogP contribution in [0, 0.1) is 51.2 Å². The molecule has 3 fully saturated rings. The summed E-state index contributed by atoms with van der Waals surface area (Å²) in [5, 5.41) is 0. The summed E-state index contributed by atoms with van der Waals surface area (Å²) in [4.78, 5) is 11.8. The van der Waals surface area contributed by atoms with E-state index in [1.165, 1.54) is 57.8 Å². The molecule has 186 valence electrons. The van der Waals surface area contributed by atoms with Gasteiger partial charge in [-0.05, 0) is 110 Å². The molecule has 0 aliphatic heterocycles. The van der Waals surface area contributed by atoms with Crippen molar-refractivity contribution in [2.75, 3.05) is 0 Å². The van der Waals surface area contributed by atoms with Crippen LogP contribution in [0.4, 0.5) is 0 Å². The van der Waals surface area contributed by atoms with Crippen LogP contribution in [-0.2, 0) is 9.53 Å². The Labute approximate surface area is 203 Å². The summed E-state index contributed by atoms with van der Waals surface area (Å²) in [6.07, 6.45) is 13.3. The average molecular weight is 455 g/mol. The van der Waals surface area contributed by atoms with E-state index < -0.39 is 0 Å². The summed E-state index contributed by atoms with van der Waals surface area (Å²) in [5.74, 6) is 3.84. The van der Waals surface area contributed by atoms with Crippen LogP contribution in [0.2, 0.25) is 0 Å². The lowest BCUT2D eigenvalue weighted by Crippen LogP contribution is -2.60. The molecule has 9 unspecified atom stereocenters. The second kappa shape index (κ2) is 7.60. The highest BCUT2D eigenvalue weighted by Crippen LogP contribution is 2.71. The van der Waals surface area contributed by atoms with E-state index >= 15 is 0 Å². The van der Waals surface area contributed by atoms with Crippen molar-refractivity contribution in [3.05, 3.63) is 11.1 Å². The predicted octanol–water partition coefficient (Wildman–Crippen LogP) is 8.35. The maximum atomic E-state index is 11.8. The van der Waals surface area contributed by atoms with Crippen LogP contribution in [0.15, 0.2) is 11.1 Å². The number of hydrogen-bond donors (Lipinski definition) is 0. The minimum absolute atomic E-state index is 0.0626. The van der Waals surface area contributed by atoms with E-state index in [0.717, 1.165) is 30.1 Å². The third kappa shape index (κ3) is 3.27. The largest absolute Gasteiger partial charge is 0.462 e. The Balaban J connectivity index is 1.51. The summed E-state index contributed by atoms with van der Waals surface area (Å²) in [5.41, 5.74) is 5.19. The summed E-state index contributed by atoms with van der Waals surface area (Å²) >= 11 is 0. The average Bonchev–Trinajstić information content (AvgIpc) is 2.72. The Morgan fingerprint density at radius 1 is 0.848 bits per heavy atom. The number of ether oxygens (including phenoxy) is 1. The molecule has 9 atom stereocenters. The van der Waals surface area contributed by atoms with Crippen molar-refractivity contribution < 1.29 is 9.53 Å². The van der Waals surface area contributed by atoms with Gasteiger partial charge < -0.3 is 4.74 Å². The Morgan fingerprint density at radius 2 is 1.58 bits per heavy atom. The van der Waals surface area contributed by atoms with Crippen LogP contribution in [0.5, 0.6) is 0 Å². The van der Waals surface area contributed by atoms with Gasteiger partial charge in [0.15, 0.2) is 0 Å². The lowest BCUT2D eigenvalue weighted by Gasteiger charge is -2.67. The molecule has 3 saturated carbocycles. The minimum atomic E-state index is -0.106. The molecule has 5 aliphatic carbocycles. The molecular formula is C31H50O2. The Kier molecular flexibility index (Phi) is 5.51. The zero-order chi connectivity index (χ0) is 24.0. The number of carbonyl (C=O) groups excluding carboxylic acids is 1. The minimum Gasteiger partial charge on any atom is -0.462 e. The summed E-state index contributed by atoms with van der Waals surface area (Å²) in [6, 6.07) is 0. The molecule has 5 rings (SSSR count). The smallest absolute Gasteiger partial charge is 0.302 e. The fraction of sp³-hybridized carbons (Fsp3) is 0.903. The van der Waals surface area contributed by atoms with Gasteiger partial charge in [0.1, 0.15) is 6.10 Å². The highest BCUT2D eigenvalue weighted by atomic mass is 16.5. The first-order chi connectivity index (χ1) is 15.3. The van der Waals surface area contributed by atoms with Gasteiger partial charge >= 0.3 is 5.97 Å². The molecule has 0 heterocycles. The zero-order valence-corrected chi connectivity index (χ0v) is 22.9. The van der Waals surface area contributed by atoms with Crippen LogP contribution in [0.25, 0.3) is 0 Å². The second-order valence-electron chi connectivity index (χ2n) is 14.6. The second-order valence-corrected chi connectivity index (χ2v) is 14.6. The highest BCUT2D eigenvalue weighted by molar-refractivity contribution is 5.66. The van der Waals surface area contributed by atoms with E-state index in [4.69, 9.17) is 4.74 Å². The van der Waals surface area contributed by atoms with Crippen molar-refractivity contribution in [2.24, 2.45) is 51.2 Å². The molecule has 2 heteroatoms. The molecule has 0 aromatic carbocycles. The number of hydrogen-bond acceptors (Lipinski definition) is 2. The molecule has 0 N–H and O–H groups in total. The van der Waals surface area contributed by atoms with Crippen molar-refractivity contribution in [2.45, 2.75) is 126 Å². The third-order valence-corrected chi connectivity index (χ3v) is 12.7. The van der Waals surface area contributed by atoms with Crippen molar-refractivity contribution in [3.8, 4) is 0 Å². The molecule has 0 spiro atoms. The van der Waals surface area contributed by atoms with Crippen molar-refractivity contribution in [1.82, 2.24) is 0 Å². The summed E-state index contributed by atoms with van der Waals surface area (Å²) in [7, 11) is 0. The van der Waals surface area contributed by atoms with Crippen LogP contribution in [0.3, 0.4) is 0 Å². The molecule has 0 radical (unpaired) electrons. The molecule has 2 nitrogen and oxygen atoms in total. The number of esters is 1. The number of allylic oxidation sites excluding steroid dienone is 2. The third-order valence-electron chi connectivity index (χ3n) is 12.7. The lowest BCUT2D eigenvalue weighted by molar-refractivity contribution is -0.190. The van der Waals surface area contributed by atoms with Gasteiger partial charge in [-0.2, -0.15) is 0 Å². The van der Waals surface area contributed by atoms with Crippen LogP contribution in [0.1, 0.15) is 120 Å². The van der Waals surface area contributed by atoms with Gasteiger partial charge in [-0.3, -0.25) is 4.79 Å². The molecule has 0 amide bonds. The number of rotatable bonds is 1. The molecule has 0 aromatic rings. The van der Waals surface area contributed by atoms with Crippen molar-refractivity contribution in [1.29, 1.82) is 0 Å². The van der Waals surface area contributed by atoms with Gasteiger partial charge in [-0.1, -0.05) is 59.6 Å². The highest BCUT2D eigenvalue weighted by Gasteiger charge is 2.64. The van der Waals surface area contributed by atoms with E-state index in [-0.39, 0.29) is 17.5 Å². The Bertz CT molecular complexity index is 853. The van der Waals surface area contributed by atoms with E-state index in [1.807, 2.05) is 11.1 Å². The van der Waals surface area contributed by atoms with Gasteiger partial charge in [0, 0.05) is 12.3 Å². The number of carbonyl (C=O) groups is 1. The first kappa shape index (κ1) is 23.9. The normalized spacial score (nSPS) is 51.0. The van der Waals surface area contributed by atoms with Gasteiger partial charge in [0.2, 0.25) is 0 Å². The quantitative estimate of drug-likeness (QED) is 0.294. The SMILES string of the molecule is CC(=O)OC1CCC2(C)C3CCC4=C(CCC5(C)CCC(C)C(C)C45)C3(C)CCC2C1(C)C. The lowest BCUT2D eigenvalue weighted by atomic mass is 9.38. The molecule has 33 heavy (non-hydrogen) atoms. The maximum absolute atomic E-state index is 11.8. The van der Waals surface area contributed by atoms with Crippen molar-refractivity contribution >= 4 is 5.97 Å². The first-order valence-electron chi connectivity index (χ1n) is 14.2. The van der Waals surface area contributed by atoms with Crippen molar-refractivity contribution in [3.63, 3.8) is 0 Å². The fourth-order valence-corrected chi connectivity index (χ4v) is 10.9. The molecule has 0 saturated heterocycles. The fourth-order valence-electron chi connectivity index (χ4n) is 10.9. The summed E-state index contributed by atoms with van der Waals surface area (Å²) in [6.45, 7) is 19.4. The molecule has 5 aliphatic rings. The van der Waals surface area contributed by atoms with E-state index in [1.54, 1.807) is 6.92 Å². The Hall–Kier alpha value is -0.790. The topological polar surface area (TPSA) is 26.3 Å². The predicted molar refractivity (Wildman–Crippen MR) is 136 cm³/mol. The van der Waals surface area contributed by atoms with Gasteiger partial charge in [0.05, 0.1) is 0 Å². The van der Waals surface area contributed by atoms with Gasteiger partial charge in [-0.15, -0.1) is 0 Å². The van der Waals surface area contributed by atoms with Gasteiger partial charge in [0.25, 0.3) is 0 Å². The van der Waals surface area contributed by atoms with Gasteiger partial charge in [-0.25, -0.2) is 0 Å². The molecule has 0 aromatic heterocycles. The van der Waals surface area contributed by atoms with E-state index in [0.29, 0.717) is 22.2 Å². The molecular weight excluding hydrogens is 404 g/mol. The monoisotopic (exact) mass is 454 g/mol. The molecule has 0 bridgehead atoms. The van der Waals surface area contributed by atoms with Crippen LogP contribution >= 0.6 is 0 Å². The van der Waals surface area contributed by atoms with Crippen LogP contribution < -0.4 is 0 Å². The maximum Gasteiger partial charge on any atom is 0.302 e. The Morgan fingerprint density at radius 3 is 2.27 bits per heavy atom. The zero-order valence-electron chi connectivity index (χ0n) is 22.9. The first-order valence-corrected chi connectivity index (χ1v) is 14.2. The van der Waals surface area contributed by atoms with Crippen LogP contribution in [-0.4, -0.2) is 12.1 Å². The van der Waals surface area contributed by atoms with E-state index in [9.17, 15) is 4.79 Å². The summed E-state index contributed by atoms with van der Waals surface area (Å²) < 4.78 is 5.89. The number of fused-ring (bicyclic) bond motifs is 6. The standard InChI is InChI=1S/C31H50O2/c1-19-11-15-29(6)16-12-23-22(27(29)20(19)2)9-10-25-30(23,7)17-13-24-28(4,5)26(33-21(3)32)14-18-31(24,25)8/h19-20,24-27H,9-18H2,1-8H3.